The molecule has 0 aliphatic heterocycles. The zero-order valence-corrected chi connectivity index (χ0v) is 23.8. The predicted octanol–water partition coefficient (Wildman–Crippen LogP) is 5.18. The first-order valence-corrected chi connectivity index (χ1v) is 14.5. The highest BCUT2D eigenvalue weighted by Gasteiger charge is 2.28. The molecular weight excluding hydrogens is 521 g/mol. The first-order valence-electron chi connectivity index (χ1n) is 11.9. The van der Waals surface area contributed by atoms with Gasteiger partial charge in [-0.2, -0.15) is 0 Å². The molecule has 36 heavy (non-hydrogen) atoms. The van der Waals surface area contributed by atoms with E-state index in [-0.39, 0.29) is 54.5 Å². The first kappa shape index (κ1) is 29.9. The SMILES string of the molecule is CC[C@@H](C)NC(=O)[C@@H](C)N(Cc1ccccc1C)C(=O)CCCN(c1cc(Cl)ccc1Cl)S(C)(=O)=O. The van der Waals surface area contributed by atoms with Gasteiger partial charge in [-0.3, -0.25) is 13.9 Å². The molecule has 0 aromatic heterocycles. The molecule has 0 fully saturated rings. The van der Waals surface area contributed by atoms with Gasteiger partial charge in [0, 0.05) is 30.6 Å². The van der Waals surface area contributed by atoms with Crippen molar-refractivity contribution in [3.63, 3.8) is 0 Å². The Bertz CT molecular complexity index is 1170. The Balaban J connectivity index is 2.22. The van der Waals surface area contributed by atoms with Crippen molar-refractivity contribution in [2.75, 3.05) is 17.1 Å². The van der Waals surface area contributed by atoms with Crippen LogP contribution in [0.25, 0.3) is 0 Å². The first-order chi connectivity index (χ1) is 16.8. The number of sulfonamides is 1. The quantitative estimate of drug-likeness (QED) is 0.391. The van der Waals surface area contributed by atoms with Gasteiger partial charge in [0.15, 0.2) is 0 Å². The van der Waals surface area contributed by atoms with E-state index in [2.05, 4.69) is 5.32 Å². The molecule has 0 spiro atoms. The minimum atomic E-state index is -3.67. The summed E-state index contributed by atoms with van der Waals surface area (Å²) in [5.41, 5.74) is 2.22. The summed E-state index contributed by atoms with van der Waals surface area (Å²) in [6, 6.07) is 11.6. The van der Waals surface area contributed by atoms with Gasteiger partial charge in [-0.1, -0.05) is 54.4 Å². The van der Waals surface area contributed by atoms with Crippen LogP contribution in [0, 0.1) is 6.92 Å². The number of hydrogen-bond acceptors (Lipinski definition) is 4. The van der Waals surface area contributed by atoms with Crippen LogP contribution in [0.15, 0.2) is 42.5 Å². The van der Waals surface area contributed by atoms with Crippen LogP contribution in [0.5, 0.6) is 0 Å². The molecule has 0 saturated carbocycles. The van der Waals surface area contributed by atoms with Crippen LogP contribution >= 0.6 is 23.2 Å². The maximum atomic E-state index is 13.4. The standard InChI is InChI=1S/C26H35Cl2N3O4S/c1-6-19(3)29-26(33)20(4)30(17-21-11-8-7-10-18(21)2)25(32)12-9-15-31(36(5,34)35)24-16-22(27)13-14-23(24)28/h7-8,10-11,13-14,16,19-20H,6,9,12,15,17H2,1-5H3,(H,29,33)/t19-,20-/m1/s1. The minimum absolute atomic E-state index is 0.0128. The van der Waals surface area contributed by atoms with Crippen LogP contribution in [0.1, 0.15) is 51.2 Å². The van der Waals surface area contributed by atoms with E-state index in [1.807, 2.05) is 45.0 Å². The number of rotatable bonds is 12. The van der Waals surface area contributed by atoms with Gasteiger partial charge in [0.1, 0.15) is 6.04 Å². The number of nitrogens with one attached hydrogen (secondary N) is 1. The van der Waals surface area contributed by atoms with Crippen LogP contribution in [-0.4, -0.2) is 50.0 Å². The number of carbonyl (C=O) groups excluding carboxylic acids is 2. The summed E-state index contributed by atoms with van der Waals surface area (Å²) in [5.74, 6) is -0.467. The lowest BCUT2D eigenvalue weighted by atomic mass is 10.1. The smallest absolute Gasteiger partial charge is 0.242 e. The summed E-state index contributed by atoms with van der Waals surface area (Å²) in [6.07, 6.45) is 2.14. The Morgan fingerprint density at radius 3 is 2.36 bits per heavy atom. The Hall–Kier alpha value is -2.29. The number of hydrogen-bond donors (Lipinski definition) is 1. The van der Waals surface area contributed by atoms with Crippen molar-refractivity contribution in [1.82, 2.24) is 10.2 Å². The van der Waals surface area contributed by atoms with E-state index >= 15 is 0 Å². The second kappa shape index (κ2) is 13.3. The fourth-order valence-corrected chi connectivity index (χ4v) is 5.08. The zero-order chi connectivity index (χ0) is 27.0. The van der Waals surface area contributed by atoms with Gasteiger partial charge < -0.3 is 10.2 Å². The lowest BCUT2D eigenvalue weighted by Gasteiger charge is -2.30. The molecule has 0 saturated heterocycles. The van der Waals surface area contributed by atoms with Gasteiger partial charge in [0.2, 0.25) is 21.8 Å². The lowest BCUT2D eigenvalue weighted by Crippen LogP contribution is -2.49. The van der Waals surface area contributed by atoms with Crippen LogP contribution in [0.4, 0.5) is 5.69 Å². The van der Waals surface area contributed by atoms with E-state index in [0.717, 1.165) is 28.1 Å². The minimum Gasteiger partial charge on any atom is -0.352 e. The van der Waals surface area contributed by atoms with Gasteiger partial charge in [-0.25, -0.2) is 8.42 Å². The van der Waals surface area contributed by atoms with Crippen LogP contribution in [0.3, 0.4) is 0 Å². The number of halogens is 2. The van der Waals surface area contributed by atoms with E-state index in [9.17, 15) is 18.0 Å². The van der Waals surface area contributed by atoms with Crippen molar-refractivity contribution < 1.29 is 18.0 Å². The second-order valence-corrected chi connectivity index (χ2v) is 11.7. The molecule has 0 radical (unpaired) electrons. The average molecular weight is 557 g/mol. The summed E-state index contributed by atoms with van der Waals surface area (Å²) >= 11 is 12.3. The maximum Gasteiger partial charge on any atom is 0.242 e. The Morgan fingerprint density at radius 1 is 1.08 bits per heavy atom. The summed E-state index contributed by atoms with van der Waals surface area (Å²) in [5, 5.41) is 3.54. The molecule has 7 nitrogen and oxygen atoms in total. The Morgan fingerprint density at radius 2 is 1.75 bits per heavy atom. The summed E-state index contributed by atoms with van der Waals surface area (Å²) in [6.45, 7) is 7.88. The molecule has 2 amide bonds. The van der Waals surface area contributed by atoms with E-state index in [1.165, 1.54) is 12.1 Å². The third-order valence-corrected chi connectivity index (χ3v) is 7.83. The van der Waals surface area contributed by atoms with Crippen molar-refractivity contribution in [2.45, 2.75) is 65.6 Å². The summed E-state index contributed by atoms with van der Waals surface area (Å²) in [7, 11) is -3.67. The van der Waals surface area contributed by atoms with Crippen LogP contribution < -0.4 is 9.62 Å². The summed E-state index contributed by atoms with van der Waals surface area (Å²) in [4.78, 5) is 27.8. The van der Waals surface area contributed by atoms with Crippen LogP contribution in [-0.2, 0) is 26.2 Å². The van der Waals surface area contributed by atoms with Crippen LogP contribution in [0.2, 0.25) is 10.0 Å². The molecular formula is C26H35Cl2N3O4S. The number of anilines is 1. The van der Waals surface area contributed by atoms with Gasteiger partial charge in [-0.05, 0) is 62.9 Å². The number of carbonyl (C=O) groups is 2. The Labute approximate surface area is 224 Å². The Kier molecular flexibility index (Phi) is 11.1. The monoisotopic (exact) mass is 555 g/mol. The topological polar surface area (TPSA) is 86.8 Å². The number of aryl methyl sites for hydroxylation is 1. The van der Waals surface area contributed by atoms with Gasteiger partial charge in [0.25, 0.3) is 0 Å². The lowest BCUT2D eigenvalue weighted by molar-refractivity contribution is -0.140. The molecule has 198 valence electrons. The highest BCUT2D eigenvalue weighted by Crippen LogP contribution is 2.31. The van der Waals surface area contributed by atoms with E-state index in [1.54, 1.807) is 17.9 Å². The summed E-state index contributed by atoms with van der Waals surface area (Å²) < 4.78 is 26.1. The van der Waals surface area contributed by atoms with Gasteiger partial charge in [-0.15, -0.1) is 0 Å². The molecule has 0 bridgehead atoms. The average Bonchev–Trinajstić information content (AvgIpc) is 2.81. The molecule has 1 N–H and O–H groups in total. The van der Waals surface area contributed by atoms with E-state index in [0.29, 0.717) is 5.02 Å². The third kappa shape index (κ3) is 8.39. The van der Waals surface area contributed by atoms with Crippen molar-refractivity contribution in [3.05, 3.63) is 63.6 Å². The van der Waals surface area contributed by atoms with E-state index < -0.39 is 16.1 Å². The largest absolute Gasteiger partial charge is 0.352 e. The van der Waals surface area contributed by atoms with Crippen molar-refractivity contribution >= 4 is 50.7 Å². The van der Waals surface area contributed by atoms with Gasteiger partial charge >= 0.3 is 0 Å². The third-order valence-electron chi connectivity index (χ3n) is 6.10. The maximum absolute atomic E-state index is 13.4. The molecule has 2 aromatic rings. The van der Waals surface area contributed by atoms with Gasteiger partial charge in [0.05, 0.1) is 17.0 Å². The normalized spacial score (nSPS) is 13.1. The molecule has 0 aliphatic rings. The second-order valence-electron chi connectivity index (χ2n) is 8.98. The highest BCUT2D eigenvalue weighted by atomic mass is 35.5. The highest BCUT2D eigenvalue weighted by molar-refractivity contribution is 7.92. The van der Waals surface area contributed by atoms with Crippen molar-refractivity contribution in [3.8, 4) is 0 Å². The number of amides is 2. The fraction of sp³-hybridized carbons (Fsp3) is 0.462. The molecule has 0 unspecified atom stereocenters. The van der Waals surface area contributed by atoms with E-state index in [4.69, 9.17) is 23.2 Å². The van der Waals surface area contributed by atoms with Crippen molar-refractivity contribution in [1.29, 1.82) is 0 Å². The number of benzene rings is 2. The molecule has 2 aromatic carbocycles. The van der Waals surface area contributed by atoms with Crippen molar-refractivity contribution in [2.24, 2.45) is 0 Å². The molecule has 2 rings (SSSR count). The molecule has 0 aliphatic carbocycles. The number of nitrogens with zero attached hydrogens (tertiary/aromatic N) is 2. The zero-order valence-electron chi connectivity index (χ0n) is 21.4. The fourth-order valence-electron chi connectivity index (χ4n) is 3.68. The molecule has 10 heteroatoms. The molecule has 0 heterocycles. The molecule has 2 atom stereocenters. The predicted molar refractivity (Wildman–Crippen MR) is 147 cm³/mol.